The van der Waals surface area contributed by atoms with Crippen LogP contribution in [0.2, 0.25) is 5.04 Å². The number of nitrogens with two attached hydrogens (primary N) is 1. The number of H-pyrrole nitrogens is 2. The fourth-order valence-corrected chi connectivity index (χ4v) is 4.42. The number of nitrogens with zero attached hydrogens (tertiary/aromatic N) is 2. The second-order valence-electron chi connectivity index (χ2n) is 9.46. The Balaban J connectivity index is 1.75. The van der Waals surface area contributed by atoms with Crippen molar-refractivity contribution in [3.63, 3.8) is 0 Å². The van der Waals surface area contributed by atoms with Gasteiger partial charge in [-0.1, -0.05) is 26.8 Å². The summed E-state index contributed by atoms with van der Waals surface area (Å²) >= 11 is 0. The summed E-state index contributed by atoms with van der Waals surface area (Å²) in [5.74, 6) is 1.29. The SMILES string of the molecule is Cc1nc2c(-c3cc4cc(C(C)(C)O[SiH2]C(C)(C)C)ccc4[nH]3)cc(N)nc2[nH]1. The molecule has 0 aliphatic carbocycles. The van der Waals surface area contributed by atoms with Crippen LogP contribution in [0.5, 0.6) is 0 Å². The molecule has 7 heteroatoms. The minimum Gasteiger partial charge on any atom is -0.415 e. The highest BCUT2D eigenvalue weighted by Gasteiger charge is 2.25. The zero-order valence-corrected chi connectivity index (χ0v) is 19.4. The number of imidazole rings is 1. The van der Waals surface area contributed by atoms with E-state index in [1.807, 2.05) is 13.0 Å². The second kappa shape index (κ2) is 6.71. The lowest BCUT2D eigenvalue weighted by Gasteiger charge is -2.30. The van der Waals surface area contributed by atoms with Gasteiger partial charge >= 0.3 is 0 Å². The summed E-state index contributed by atoms with van der Waals surface area (Å²) in [4.78, 5) is 15.6. The summed E-state index contributed by atoms with van der Waals surface area (Å²) in [6, 6.07) is 10.5. The molecule has 0 unspecified atom stereocenters. The van der Waals surface area contributed by atoms with E-state index in [4.69, 9.17) is 10.2 Å². The smallest absolute Gasteiger partial charge is 0.168 e. The highest BCUT2D eigenvalue weighted by Crippen LogP contribution is 2.34. The van der Waals surface area contributed by atoms with Gasteiger partial charge in [-0.2, -0.15) is 0 Å². The van der Waals surface area contributed by atoms with Gasteiger partial charge in [-0.15, -0.1) is 0 Å². The monoisotopic (exact) mass is 407 g/mol. The lowest BCUT2D eigenvalue weighted by Crippen LogP contribution is -2.27. The molecular formula is C22H29N5OSi. The average Bonchev–Trinajstić information content (AvgIpc) is 3.20. The number of aromatic amines is 2. The van der Waals surface area contributed by atoms with E-state index in [0.29, 0.717) is 11.5 Å². The highest BCUT2D eigenvalue weighted by atomic mass is 28.2. The number of hydrogen-bond acceptors (Lipinski definition) is 4. The average molecular weight is 408 g/mol. The molecule has 29 heavy (non-hydrogen) atoms. The summed E-state index contributed by atoms with van der Waals surface area (Å²) in [5.41, 5.74) is 11.4. The first-order valence-corrected chi connectivity index (χ1v) is 11.2. The fraction of sp³-hybridized carbons (Fsp3) is 0.364. The lowest BCUT2D eigenvalue weighted by molar-refractivity contribution is 0.109. The predicted octanol–water partition coefficient (Wildman–Crippen LogP) is 4.55. The quantitative estimate of drug-likeness (QED) is 0.433. The van der Waals surface area contributed by atoms with Gasteiger partial charge in [-0.05, 0) is 55.6 Å². The van der Waals surface area contributed by atoms with Crippen molar-refractivity contribution in [2.45, 2.75) is 52.2 Å². The Morgan fingerprint density at radius 3 is 2.48 bits per heavy atom. The molecule has 0 amide bonds. The fourth-order valence-electron chi connectivity index (χ4n) is 3.46. The third-order valence-electron chi connectivity index (χ3n) is 5.06. The number of aryl methyl sites for hydroxylation is 1. The third kappa shape index (κ3) is 3.93. The van der Waals surface area contributed by atoms with E-state index >= 15 is 0 Å². The van der Waals surface area contributed by atoms with Gasteiger partial charge < -0.3 is 20.1 Å². The van der Waals surface area contributed by atoms with E-state index in [1.54, 1.807) is 0 Å². The molecule has 0 bridgehead atoms. The Bertz CT molecular complexity index is 1200. The van der Waals surface area contributed by atoms with Crippen LogP contribution in [0.4, 0.5) is 5.82 Å². The van der Waals surface area contributed by atoms with Gasteiger partial charge in [0.05, 0.1) is 5.60 Å². The molecule has 0 aliphatic heterocycles. The maximum absolute atomic E-state index is 6.39. The Hall–Kier alpha value is -2.64. The molecule has 3 aromatic heterocycles. The van der Waals surface area contributed by atoms with Crippen LogP contribution in [0.3, 0.4) is 0 Å². The molecule has 0 saturated heterocycles. The summed E-state index contributed by atoms with van der Waals surface area (Å²) in [6.45, 7) is 13.0. The number of rotatable bonds is 4. The van der Waals surface area contributed by atoms with Crippen molar-refractivity contribution in [3.05, 3.63) is 41.7 Å². The van der Waals surface area contributed by atoms with Crippen LogP contribution in [0.1, 0.15) is 46.0 Å². The van der Waals surface area contributed by atoms with Gasteiger partial charge in [-0.25, -0.2) is 9.97 Å². The molecule has 6 nitrogen and oxygen atoms in total. The van der Waals surface area contributed by atoms with Gasteiger partial charge in [0.2, 0.25) is 0 Å². The normalized spacial score (nSPS) is 13.3. The van der Waals surface area contributed by atoms with Crippen LogP contribution < -0.4 is 5.73 Å². The van der Waals surface area contributed by atoms with Crippen molar-refractivity contribution in [3.8, 4) is 11.3 Å². The molecule has 0 atom stereocenters. The van der Waals surface area contributed by atoms with E-state index in [0.717, 1.165) is 33.5 Å². The molecule has 4 N–H and O–H groups in total. The first kappa shape index (κ1) is 19.7. The molecule has 0 saturated carbocycles. The van der Waals surface area contributed by atoms with Crippen molar-refractivity contribution >= 4 is 37.6 Å². The molecule has 1 aromatic carbocycles. The molecule has 0 spiro atoms. The Morgan fingerprint density at radius 1 is 1.00 bits per heavy atom. The predicted molar refractivity (Wildman–Crippen MR) is 123 cm³/mol. The number of nitrogens with one attached hydrogen (secondary N) is 2. The molecule has 152 valence electrons. The summed E-state index contributed by atoms with van der Waals surface area (Å²) in [7, 11) is -0.653. The summed E-state index contributed by atoms with van der Waals surface area (Å²) in [5, 5.41) is 1.40. The Labute approximate surface area is 173 Å². The van der Waals surface area contributed by atoms with Crippen molar-refractivity contribution in [1.29, 1.82) is 0 Å². The minimum atomic E-state index is -0.653. The van der Waals surface area contributed by atoms with Crippen molar-refractivity contribution < 1.29 is 4.43 Å². The standard InChI is InChI=1S/C22H29N5OSi/c1-12-24-19-15(11-18(23)27-20(19)25-12)17-10-13-9-14(7-8-16(13)26-17)22(5,6)28-29-21(2,3)4/h7-11,26H,29H2,1-6H3,(H3,23,24,25,27). The zero-order chi connectivity index (χ0) is 21.0. The second-order valence-corrected chi connectivity index (χ2v) is 12.2. The van der Waals surface area contributed by atoms with E-state index in [1.165, 1.54) is 5.56 Å². The van der Waals surface area contributed by atoms with Crippen LogP contribution in [-0.4, -0.2) is 29.7 Å². The first-order chi connectivity index (χ1) is 13.5. The molecular weight excluding hydrogens is 378 g/mol. The zero-order valence-electron chi connectivity index (χ0n) is 18.0. The number of anilines is 1. The maximum Gasteiger partial charge on any atom is 0.168 e. The topological polar surface area (TPSA) is 92.6 Å². The van der Waals surface area contributed by atoms with E-state index in [-0.39, 0.29) is 10.6 Å². The van der Waals surface area contributed by atoms with Gasteiger partial charge in [0.25, 0.3) is 0 Å². The van der Waals surface area contributed by atoms with Crippen LogP contribution >= 0.6 is 0 Å². The van der Waals surface area contributed by atoms with E-state index in [2.05, 4.69) is 78.8 Å². The van der Waals surface area contributed by atoms with Gasteiger partial charge in [0.1, 0.15) is 17.2 Å². The molecule has 3 heterocycles. The van der Waals surface area contributed by atoms with Crippen molar-refractivity contribution in [1.82, 2.24) is 19.9 Å². The number of pyridine rings is 1. The van der Waals surface area contributed by atoms with Crippen molar-refractivity contribution in [2.24, 2.45) is 0 Å². The molecule has 4 rings (SSSR count). The number of hydrogen-bond donors (Lipinski definition) is 3. The van der Waals surface area contributed by atoms with Crippen LogP contribution in [0.15, 0.2) is 30.3 Å². The molecule has 0 aliphatic rings. The minimum absolute atomic E-state index is 0.261. The van der Waals surface area contributed by atoms with Crippen LogP contribution in [0.25, 0.3) is 33.3 Å². The number of aromatic nitrogens is 4. The van der Waals surface area contributed by atoms with Gasteiger partial charge in [0.15, 0.2) is 15.4 Å². The summed E-state index contributed by atoms with van der Waals surface area (Å²) < 4.78 is 6.39. The van der Waals surface area contributed by atoms with Gasteiger partial charge in [0, 0.05) is 22.2 Å². The molecule has 0 radical (unpaired) electrons. The Kier molecular flexibility index (Phi) is 4.55. The maximum atomic E-state index is 6.39. The molecule has 4 aromatic rings. The van der Waals surface area contributed by atoms with Crippen LogP contribution in [-0.2, 0) is 10.0 Å². The third-order valence-corrected chi connectivity index (χ3v) is 6.80. The highest BCUT2D eigenvalue weighted by molar-refractivity contribution is 6.31. The summed E-state index contributed by atoms with van der Waals surface area (Å²) in [6.07, 6.45) is 0. The lowest BCUT2D eigenvalue weighted by atomic mass is 9.97. The molecule has 0 fully saturated rings. The Morgan fingerprint density at radius 2 is 1.76 bits per heavy atom. The van der Waals surface area contributed by atoms with E-state index < -0.39 is 9.76 Å². The first-order valence-electron chi connectivity index (χ1n) is 9.92. The largest absolute Gasteiger partial charge is 0.415 e. The van der Waals surface area contributed by atoms with Crippen LogP contribution in [0, 0.1) is 6.92 Å². The number of fused-ring (bicyclic) bond motifs is 2. The number of nitrogen functional groups attached to an aromatic ring is 1. The van der Waals surface area contributed by atoms with Crippen molar-refractivity contribution in [2.75, 3.05) is 5.73 Å². The number of benzene rings is 1. The van der Waals surface area contributed by atoms with E-state index in [9.17, 15) is 0 Å². The van der Waals surface area contributed by atoms with Gasteiger partial charge in [-0.3, -0.25) is 0 Å².